The van der Waals surface area contributed by atoms with E-state index in [9.17, 15) is 4.57 Å². The highest BCUT2D eigenvalue weighted by Gasteiger charge is 2.59. The molecule has 0 amide bonds. The van der Waals surface area contributed by atoms with Crippen molar-refractivity contribution >= 4 is 29.6 Å². The predicted octanol–water partition coefficient (Wildman–Crippen LogP) is 9.42. The first-order chi connectivity index (χ1) is 19.2. The van der Waals surface area contributed by atoms with Gasteiger partial charge in [0.25, 0.3) is 0 Å². The van der Waals surface area contributed by atoms with Crippen LogP contribution in [-0.4, -0.2) is 34.5 Å². The molecule has 3 nitrogen and oxygen atoms in total. The van der Waals surface area contributed by atoms with Gasteiger partial charge in [0.15, 0.2) is 0 Å². The number of hydrogen-bond donors (Lipinski definition) is 0. The summed E-state index contributed by atoms with van der Waals surface area (Å²) in [4.78, 5) is 0. The lowest BCUT2D eigenvalue weighted by molar-refractivity contribution is 0.150. The zero-order chi connectivity index (χ0) is 27.9. The molecule has 0 unspecified atom stereocenters. The van der Waals surface area contributed by atoms with Gasteiger partial charge in [0, 0.05) is 0 Å². The Hall–Kier alpha value is -2.58. The fourth-order valence-electron chi connectivity index (χ4n) is 7.34. The second kappa shape index (κ2) is 11.0. The third kappa shape index (κ3) is 5.89. The summed E-state index contributed by atoms with van der Waals surface area (Å²) < 4.78 is 19.1. The zero-order valence-corrected chi connectivity index (χ0v) is 25.5. The summed E-state index contributed by atoms with van der Waals surface area (Å²) in [6.45, 7) is 11.2. The zero-order valence-electron chi connectivity index (χ0n) is 24.6. The van der Waals surface area contributed by atoms with Crippen LogP contribution in [0.1, 0.15) is 64.5 Å². The van der Waals surface area contributed by atoms with Crippen molar-refractivity contribution in [2.45, 2.75) is 78.3 Å². The second-order valence-electron chi connectivity index (χ2n) is 13.9. The van der Waals surface area contributed by atoms with Crippen molar-refractivity contribution in [2.75, 3.05) is 13.1 Å². The lowest BCUT2D eigenvalue weighted by Gasteiger charge is -2.32. The number of benzene rings is 4. The van der Waals surface area contributed by atoms with Crippen LogP contribution in [0, 0.1) is 10.8 Å². The average Bonchev–Trinajstić information content (AvgIpc) is 3.17. The maximum absolute atomic E-state index is 14.3. The maximum Gasteiger partial charge on any atom is 0.538 e. The third-order valence-corrected chi connectivity index (χ3v) is 10.8. The van der Waals surface area contributed by atoms with Crippen LogP contribution in [0.4, 0.5) is 0 Å². The van der Waals surface area contributed by atoms with Gasteiger partial charge in [-0.15, -0.1) is 0 Å². The van der Waals surface area contributed by atoms with Gasteiger partial charge in [0.05, 0.1) is 25.2 Å². The third-order valence-electron chi connectivity index (χ3n) is 9.07. The predicted molar refractivity (Wildman–Crippen MR) is 170 cm³/mol. The molecule has 4 aromatic rings. The van der Waals surface area contributed by atoms with E-state index < -0.39 is 8.10 Å². The first-order valence-electron chi connectivity index (χ1n) is 15.1. The minimum Gasteiger partial charge on any atom is -0.0736 e. The Morgan fingerprint density at radius 2 is 1.02 bits per heavy atom. The van der Waals surface area contributed by atoms with Crippen molar-refractivity contribution < 1.29 is 4.57 Å². The summed E-state index contributed by atoms with van der Waals surface area (Å²) in [5.74, 6) is 0. The Labute approximate surface area is 241 Å². The van der Waals surface area contributed by atoms with Crippen molar-refractivity contribution in [3.05, 3.63) is 96.1 Å². The monoisotopic (exact) mass is 551 g/mol. The molecular formula is C36H44N2OP+. The number of fused-ring (bicyclic) bond motifs is 3. The van der Waals surface area contributed by atoms with Gasteiger partial charge in [-0.25, -0.2) is 0 Å². The minimum atomic E-state index is -1.56. The van der Waals surface area contributed by atoms with Gasteiger partial charge >= 0.3 is 8.10 Å². The Balaban J connectivity index is 1.18. The van der Waals surface area contributed by atoms with Crippen molar-refractivity contribution in [3.63, 3.8) is 0 Å². The molecule has 1 aliphatic carbocycles. The standard InChI is InChI=1S/C36H44N2OP/c1-35(2,23-27-17-19-29-11-5-7-13-31(29)21-27)25-37-33-15-9-10-16-34(33)38(40(37)39)26-36(3,4)24-28-18-20-30-12-6-8-14-32(30)22-28/h5-8,11-14,17-22,33-34H,9-10,15-16,23-26H2,1-4H3/q+1/t33-,34-/m1/s1. The van der Waals surface area contributed by atoms with Crippen LogP contribution in [-0.2, 0) is 17.4 Å². The van der Waals surface area contributed by atoms with Crippen LogP contribution < -0.4 is 0 Å². The van der Waals surface area contributed by atoms with E-state index in [0.717, 1.165) is 25.9 Å². The molecule has 1 saturated heterocycles. The van der Waals surface area contributed by atoms with E-state index in [-0.39, 0.29) is 10.8 Å². The van der Waals surface area contributed by atoms with Gasteiger partial charge in [-0.2, -0.15) is 0 Å². The maximum atomic E-state index is 14.3. The molecule has 0 radical (unpaired) electrons. The highest BCUT2D eigenvalue weighted by molar-refractivity contribution is 7.39. The molecule has 2 aliphatic rings. The summed E-state index contributed by atoms with van der Waals surface area (Å²) in [5, 5.41) is 5.18. The Morgan fingerprint density at radius 1 is 0.625 bits per heavy atom. The van der Waals surface area contributed by atoms with E-state index in [1.807, 2.05) is 0 Å². The van der Waals surface area contributed by atoms with Crippen molar-refractivity contribution in [2.24, 2.45) is 10.8 Å². The molecule has 0 spiro atoms. The van der Waals surface area contributed by atoms with E-state index >= 15 is 0 Å². The van der Waals surface area contributed by atoms with Crippen molar-refractivity contribution in [1.82, 2.24) is 9.34 Å². The molecule has 4 heteroatoms. The van der Waals surface area contributed by atoms with E-state index in [1.165, 1.54) is 58.4 Å². The van der Waals surface area contributed by atoms with Crippen LogP contribution in [0.3, 0.4) is 0 Å². The largest absolute Gasteiger partial charge is 0.538 e. The molecule has 6 rings (SSSR count). The lowest BCUT2D eigenvalue weighted by Crippen LogP contribution is -2.44. The van der Waals surface area contributed by atoms with Gasteiger partial charge in [0.1, 0.15) is 0 Å². The van der Waals surface area contributed by atoms with Crippen LogP contribution in [0.15, 0.2) is 84.9 Å². The van der Waals surface area contributed by atoms with Gasteiger partial charge < -0.3 is 0 Å². The molecule has 4 aromatic carbocycles. The van der Waals surface area contributed by atoms with Crippen LogP contribution >= 0.6 is 8.10 Å². The molecule has 2 atom stereocenters. The van der Waals surface area contributed by atoms with Gasteiger partial charge in [0.2, 0.25) is 0 Å². The summed E-state index contributed by atoms with van der Waals surface area (Å²) in [6, 6.07) is 31.7. The molecule has 40 heavy (non-hydrogen) atoms. The fraction of sp³-hybridized carbons (Fsp3) is 0.444. The van der Waals surface area contributed by atoms with Crippen LogP contribution in [0.25, 0.3) is 21.5 Å². The Bertz CT molecular complexity index is 1410. The first kappa shape index (κ1) is 27.6. The average molecular weight is 552 g/mol. The smallest absolute Gasteiger partial charge is 0.0736 e. The lowest BCUT2D eigenvalue weighted by atomic mass is 9.82. The normalized spacial score (nSPS) is 20.9. The Morgan fingerprint density at radius 3 is 1.45 bits per heavy atom. The molecule has 2 fully saturated rings. The quantitative estimate of drug-likeness (QED) is 0.204. The second-order valence-corrected chi connectivity index (χ2v) is 15.4. The van der Waals surface area contributed by atoms with Crippen molar-refractivity contribution in [3.8, 4) is 0 Å². The first-order valence-corrected chi connectivity index (χ1v) is 16.3. The molecule has 1 aliphatic heterocycles. The number of hydrogen-bond acceptors (Lipinski definition) is 1. The van der Waals surface area contributed by atoms with Gasteiger partial charge in [-0.3, -0.25) is 0 Å². The molecule has 1 saturated carbocycles. The summed E-state index contributed by atoms with van der Waals surface area (Å²) in [7, 11) is -1.56. The number of nitrogens with zero attached hydrogens (tertiary/aromatic N) is 2. The Kier molecular flexibility index (Phi) is 7.59. The summed E-state index contributed by atoms with van der Waals surface area (Å²) >= 11 is 0. The van der Waals surface area contributed by atoms with E-state index in [1.54, 1.807) is 0 Å². The SMILES string of the molecule is CC(C)(Cc1ccc2ccccc2c1)CN1[C@@H]2CCCC[C@H]2N(CC(C)(C)Cc2ccc3ccccc3c2)[P+]1=O. The summed E-state index contributed by atoms with van der Waals surface area (Å²) in [6.07, 6.45) is 6.81. The molecule has 0 bridgehead atoms. The fourth-order valence-corrected chi connectivity index (χ4v) is 9.68. The minimum absolute atomic E-state index is 0.0338. The van der Waals surface area contributed by atoms with E-state index in [0.29, 0.717) is 12.1 Å². The van der Waals surface area contributed by atoms with E-state index in [2.05, 4.69) is 122 Å². The van der Waals surface area contributed by atoms with Crippen LogP contribution in [0.2, 0.25) is 0 Å². The molecule has 0 aromatic heterocycles. The molecular weight excluding hydrogens is 507 g/mol. The number of rotatable bonds is 8. The molecule has 208 valence electrons. The van der Waals surface area contributed by atoms with E-state index in [4.69, 9.17) is 0 Å². The highest BCUT2D eigenvalue weighted by atomic mass is 31.1. The van der Waals surface area contributed by atoms with Crippen LogP contribution in [0.5, 0.6) is 0 Å². The van der Waals surface area contributed by atoms with Gasteiger partial charge in [-0.1, -0.05) is 135 Å². The summed E-state index contributed by atoms with van der Waals surface area (Å²) in [5.41, 5.74) is 2.80. The highest BCUT2D eigenvalue weighted by Crippen LogP contribution is 2.52. The molecule has 0 N–H and O–H groups in total. The molecule has 1 heterocycles. The van der Waals surface area contributed by atoms with Gasteiger partial charge in [-0.05, 0) is 73.8 Å². The van der Waals surface area contributed by atoms with Crippen molar-refractivity contribution in [1.29, 1.82) is 0 Å². The topological polar surface area (TPSA) is 23.6 Å².